The van der Waals surface area contributed by atoms with Crippen molar-refractivity contribution in [2.24, 2.45) is 0 Å². The third-order valence-electron chi connectivity index (χ3n) is 2.36. The Labute approximate surface area is 104 Å². The minimum atomic E-state index is -0.218. The fraction of sp³-hybridized carbons (Fsp3) is 0.571. The number of carbonyl (C=O) groups excluding carboxylic acids is 1. The molecular formula is C14H24NO2+. The summed E-state index contributed by atoms with van der Waals surface area (Å²) in [5.41, 5.74) is 0.730. The number of hydrogen-bond acceptors (Lipinski definition) is 2. The molecular weight excluding hydrogens is 214 g/mol. The Balaban J connectivity index is 5.01. The number of carbonyl (C=O) groups is 1. The van der Waals surface area contributed by atoms with Crippen LogP contribution in [-0.2, 0) is 9.53 Å². The predicted molar refractivity (Wildman–Crippen MR) is 71.6 cm³/mol. The van der Waals surface area contributed by atoms with Gasteiger partial charge >= 0.3 is 5.97 Å². The Morgan fingerprint density at radius 3 is 2.24 bits per heavy atom. The van der Waals surface area contributed by atoms with E-state index in [1.165, 1.54) is 0 Å². The first-order valence-corrected chi connectivity index (χ1v) is 6.20. The molecule has 0 amide bonds. The molecule has 0 spiro atoms. The van der Waals surface area contributed by atoms with Crippen LogP contribution in [0.1, 0.15) is 33.1 Å². The molecule has 0 saturated carbocycles. The SMILES string of the molecule is C=CC[N+](CC=C)=C(CCCC)C(=O)OCC. The first kappa shape index (κ1) is 15.6. The summed E-state index contributed by atoms with van der Waals surface area (Å²) in [5, 5.41) is 0. The van der Waals surface area contributed by atoms with Crippen LogP contribution in [0.2, 0.25) is 0 Å². The van der Waals surface area contributed by atoms with Gasteiger partial charge in [0.2, 0.25) is 0 Å². The molecule has 0 aromatic carbocycles. The highest BCUT2D eigenvalue weighted by atomic mass is 16.5. The van der Waals surface area contributed by atoms with Crippen LogP contribution in [0.15, 0.2) is 25.3 Å². The Hall–Kier alpha value is -1.38. The summed E-state index contributed by atoms with van der Waals surface area (Å²) < 4.78 is 7.05. The zero-order chi connectivity index (χ0) is 13.1. The van der Waals surface area contributed by atoms with Gasteiger partial charge in [0.25, 0.3) is 5.71 Å². The number of unbranched alkanes of at least 4 members (excludes halogenated alkanes) is 1. The van der Waals surface area contributed by atoms with Crippen molar-refractivity contribution in [3.8, 4) is 0 Å². The van der Waals surface area contributed by atoms with Gasteiger partial charge in [-0.1, -0.05) is 26.5 Å². The van der Waals surface area contributed by atoms with Crippen molar-refractivity contribution in [3.05, 3.63) is 25.3 Å². The van der Waals surface area contributed by atoms with Crippen LogP contribution < -0.4 is 0 Å². The maximum Gasteiger partial charge on any atom is 0.398 e. The largest absolute Gasteiger partial charge is 0.458 e. The lowest BCUT2D eigenvalue weighted by atomic mass is 10.1. The topological polar surface area (TPSA) is 29.3 Å². The van der Waals surface area contributed by atoms with Gasteiger partial charge in [-0.3, -0.25) is 0 Å². The molecule has 0 fully saturated rings. The minimum Gasteiger partial charge on any atom is -0.458 e. The molecule has 0 rings (SSSR count). The normalized spacial score (nSPS) is 9.53. The number of ether oxygens (including phenoxy) is 1. The lowest BCUT2D eigenvalue weighted by Crippen LogP contribution is -2.30. The third-order valence-corrected chi connectivity index (χ3v) is 2.36. The van der Waals surface area contributed by atoms with Gasteiger partial charge < -0.3 is 4.74 Å². The Morgan fingerprint density at radius 2 is 1.82 bits per heavy atom. The minimum absolute atomic E-state index is 0.218. The Morgan fingerprint density at radius 1 is 1.24 bits per heavy atom. The Bertz CT molecular complexity index is 281. The summed E-state index contributed by atoms with van der Waals surface area (Å²) in [5.74, 6) is -0.218. The average Bonchev–Trinajstić information content (AvgIpc) is 2.30. The van der Waals surface area contributed by atoms with E-state index in [9.17, 15) is 4.79 Å². The van der Waals surface area contributed by atoms with Crippen LogP contribution in [0.3, 0.4) is 0 Å². The first-order chi connectivity index (χ1) is 8.21. The number of hydrogen-bond donors (Lipinski definition) is 0. The molecule has 0 aromatic rings. The third kappa shape index (κ3) is 6.05. The van der Waals surface area contributed by atoms with Crippen LogP contribution in [0.4, 0.5) is 0 Å². The Kier molecular flexibility index (Phi) is 9.02. The fourth-order valence-corrected chi connectivity index (χ4v) is 1.55. The molecule has 3 nitrogen and oxygen atoms in total. The molecule has 0 N–H and O–H groups in total. The highest BCUT2D eigenvalue weighted by Crippen LogP contribution is 2.01. The van der Waals surface area contributed by atoms with E-state index in [-0.39, 0.29) is 5.97 Å². The van der Waals surface area contributed by atoms with Gasteiger partial charge in [-0.25, -0.2) is 9.37 Å². The van der Waals surface area contributed by atoms with Gasteiger partial charge in [0.15, 0.2) is 13.1 Å². The second-order valence-electron chi connectivity index (χ2n) is 3.75. The summed E-state index contributed by atoms with van der Waals surface area (Å²) in [6.07, 6.45) is 6.36. The van der Waals surface area contributed by atoms with Crippen molar-refractivity contribution in [2.45, 2.75) is 33.1 Å². The molecule has 0 heterocycles. The standard InChI is InChI=1S/C14H24NO2/c1-5-9-10-13(14(16)17-8-4)15(11-6-2)12-7-3/h6-7H,2-3,5,8-12H2,1,4H3/q+1. The smallest absolute Gasteiger partial charge is 0.398 e. The monoisotopic (exact) mass is 238 g/mol. The molecule has 96 valence electrons. The van der Waals surface area contributed by atoms with Crippen molar-refractivity contribution in [2.75, 3.05) is 19.7 Å². The number of nitrogens with zero attached hydrogens (tertiary/aromatic N) is 1. The van der Waals surface area contributed by atoms with Gasteiger partial charge in [-0.15, -0.1) is 0 Å². The molecule has 0 aliphatic carbocycles. The molecule has 0 atom stereocenters. The summed E-state index contributed by atoms with van der Waals surface area (Å²) in [6, 6.07) is 0. The maximum absolute atomic E-state index is 11.9. The molecule has 17 heavy (non-hydrogen) atoms. The lowest BCUT2D eigenvalue weighted by molar-refractivity contribution is -0.508. The van der Waals surface area contributed by atoms with E-state index >= 15 is 0 Å². The maximum atomic E-state index is 11.9. The van der Waals surface area contributed by atoms with E-state index in [0.29, 0.717) is 19.7 Å². The van der Waals surface area contributed by atoms with Crippen molar-refractivity contribution in [1.82, 2.24) is 0 Å². The highest BCUT2D eigenvalue weighted by Gasteiger charge is 2.22. The van der Waals surface area contributed by atoms with E-state index in [0.717, 1.165) is 25.0 Å². The van der Waals surface area contributed by atoms with Crippen molar-refractivity contribution >= 4 is 11.7 Å². The number of rotatable bonds is 9. The van der Waals surface area contributed by atoms with Gasteiger partial charge in [0.05, 0.1) is 6.61 Å². The molecule has 0 saturated heterocycles. The molecule has 0 radical (unpaired) electrons. The predicted octanol–water partition coefficient (Wildman–Crippen LogP) is 2.57. The first-order valence-electron chi connectivity index (χ1n) is 6.20. The van der Waals surface area contributed by atoms with Crippen molar-refractivity contribution < 1.29 is 14.1 Å². The highest BCUT2D eigenvalue weighted by molar-refractivity contribution is 6.34. The van der Waals surface area contributed by atoms with E-state index in [2.05, 4.69) is 20.1 Å². The molecule has 0 bridgehead atoms. The quantitative estimate of drug-likeness (QED) is 0.267. The van der Waals surface area contributed by atoms with Gasteiger partial charge in [0, 0.05) is 6.42 Å². The number of esters is 1. The van der Waals surface area contributed by atoms with Gasteiger partial charge in [-0.2, -0.15) is 0 Å². The average molecular weight is 238 g/mol. The van der Waals surface area contributed by atoms with Crippen LogP contribution >= 0.6 is 0 Å². The summed E-state index contributed by atoms with van der Waals surface area (Å²) in [7, 11) is 0. The summed E-state index contributed by atoms with van der Waals surface area (Å²) >= 11 is 0. The molecule has 0 aliphatic heterocycles. The van der Waals surface area contributed by atoms with Crippen LogP contribution in [0, 0.1) is 0 Å². The fourth-order valence-electron chi connectivity index (χ4n) is 1.55. The van der Waals surface area contributed by atoms with Crippen LogP contribution in [-0.4, -0.2) is 36.0 Å². The second kappa shape index (κ2) is 9.82. The molecule has 3 heteroatoms. The summed E-state index contributed by atoms with van der Waals surface area (Å²) in [6.45, 7) is 13.0. The van der Waals surface area contributed by atoms with Crippen molar-refractivity contribution in [3.63, 3.8) is 0 Å². The molecule has 0 aromatic heterocycles. The molecule has 0 unspecified atom stereocenters. The van der Waals surface area contributed by atoms with Gasteiger partial charge in [0.1, 0.15) is 0 Å². The van der Waals surface area contributed by atoms with E-state index in [1.807, 2.05) is 11.5 Å². The van der Waals surface area contributed by atoms with E-state index in [1.54, 1.807) is 12.2 Å². The lowest BCUT2D eigenvalue weighted by Gasteiger charge is -2.07. The summed E-state index contributed by atoms with van der Waals surface area (Å²) in [4.78, 5) is 11.9. The van der Waals surface area contributed by atoms with E-state index < -0.39 is 0 Å². The molecule has 0 aliphatic rings. The van der Waals surface area contributed by atoms with Crippen LogP contribution in [0.5, 0.6) is 0 Å². The van der Waals surface area contributed by atoms with Crippen LogP contribution in [0.25, 0.3) is 0 Å². The van der Waals surface area contributed by atoms with E-state index in [4.69, 9.17) is 4.74 Å². The zero-order valence-electron chi connectivity index (χ0n) is 11.1. The van der Waals surface area contributed by atoms with Gasteiger partial charge in [-0.05, 0) is 25.5 Å². The second-order valence-corrected chi connectivity index (χ2v) is 3.75. The van der Waals surface area contributed by atoms with Crippen molar-refractivity contribution in [1.29, 1.82) is 0 Å². The zero-order valence-corrected chi connectivity index (χ0v) is 11.1.